The molecule has 0 saturated carbocycles. The van der Waals surface area contributed by atoms with Gasteiger partial charge in [0.15, 0.2) is 0 Å². The van der Waals surface area contributed by atoms with Crippen LogP contribution in [-0.4, -0.2) is 15.7 Å². The largest absolute Gasteiger partial charge is 0.352 e. The molecule has 0 aromatic carbocycles. The Morgan fingerprint density at radius 3 is 2.89 bits per heavy atom. The van der Waals surface area contributed by atoms with E-state index < -0.39 is 0 Å². The molecule has 18 heavy (non-hydrogen) atoms. The summed E-state index contributed by atoms with van der Waals surface area (Å²) in [6, 6.07) is 0. The van der Waals surface area contributed by atoms with E-state index in [1.165, 1.54) is 5.57 Å². The number of hydrogen-bond donors (Lipinski definition) is 1. The van der Waals surface area contributed by atoms with Crippen molar-refractivity contribution in [3.05, 3.63) is 29.1 Å². The number of hydrogen-bond acceptors (Lipinski definition) is 2. The third-order valence-corrected chi connectivity index (χ3v) is 3.58. The molecule has 98 valence electrons. The number of aromatic nitrogens is 2. The van der Waals surface area contributed by atoms with Crippen LogP contribution in [0.1, 0.15) is 37.4 Å². The molecule has 1 heterocycles. The summed E-state index contributed by atoms with van der Waals surface area (Å²) in [6.45, 7) is 4.68. The number of allylic oxidation sites excluding steroid dienone is 2. The lowest BCUT2D eigenvalue weighted by atomic mass is 9.89. The Balaban J connectivity index is 1.87. The van der Waals surface area contributed by atoms with Crippen LogP contribution in [0.5, 0.6) is 0 Å². The number of amides is 1. The maximum atomic E-state index is 12.0. The summed E-state index contributed by atoms with van der Waals surface area (Å²) < 4.78 is 1.78. The topological polar surface area (TPSA) is 46.9 Å². The lowest BCUT2D eigenvalue weighted by Crippen LogP contribution is -2.31. The van der Waals surface area contributed by atoms with Crippen LogP contribution in [0.4, 0.5) is 0 Å². The first-order valence-electron chi connectivity index (χ1n) is 6.48. The molecule has 4 heteroatoms. The Morgan fingerprint density at radius 2 is 2.33 bits per heavy atom. The summed E-state index contributed by atoms with van der Waals surface area (Å²) in [5.41, 5.74) is 3.48. The molecule has 1 atom stereocenters. The molecule has 0 aliphatic heterocycles. The quantitative estimate of drug-likeness (QED) is 0.831. The van der Waals surface area contributed by atoms with Gasteiger partial charge >= 0.3 is 0 Å². The third kappa shape index (κ3) is 3.00. The number of rotatable bonds is 3. The standard InChI is InChI=1S/C14H21N3O/c1-10-4-6-12(7-5-10)14(18)15-8-13-9-17(3)16-11(13)2/h4,9,12H,5-8H2,1-3H3,(H,15,18)/t12-/m0/s1. The van der Waals surface area contributed by atoms with Crippen LogP contribution in [0.2, 0.25) is 0 Å². The first kappa shape index (κ1) is 12.9. The molecule has 1 aliphatic rings. The van der Waals surface area contributed by atoms with E-state index in [1.807, 2.05) is 20.2 Å². The van der Waals surface area contributed by atoms with Crippen molar-refractivity contribution in [3.8, 4) is 0 Å². The number of carbonyl (C=O) groups is 1. The van der Waals surface area contributed by atoms with E-state index in [1.54, 1.807) is 4.68 Å². The van der Waals surface area contributed by atoms with E-state index in [0.717, 1.165) is 30.5 Å². The van der Waals surface area contributed by atoms with Gasteiger partial charge in [0.1, 0.15) is 0 Å². The van der Waals surface area contributed by atoms with Crippen LogP contribution in [-0.2, 0) is 18.4 Å². The lowest BCUT2D eigenvalue weighted by Gasteiger charge is -2.19. The van der Waals surface area contributed by atoms with Crippen molar-refractivity contribution in [2.45, 2.75) is 39.7 Å². The van der Waals surface area contributed by atoms with Gasteiger partial charge in [-0.15, -0.1) is 0 Å². The van der Waals surface area contributed by atoms with E-state index >= 15 is 0 Å². The number of carbonyl (C=O) groups excluding carboxylic acids is 1. The van der Waals surface area contributed by atoms with Gasteiger partial charge in [-0.1, -0.05) is 11.6 Å². The molecule has 0 radical (unpaired) electrons. The molecule has 1 aromatic rings. The molecule has 1 N–H and O–H groups in total. The zero-order valence-corrected chi connectivity index (χ0v) is 11.4. The van der Waals surface area contributed by atoms with Crippen molar-refractivity contribution in [1.29, 1.82) is 0 Å². The molecule has 1 amide bonds. The molecule has 2 rings (SSSR count). The van der Waals surface area contributed by atoms with Gasteiger partial charge in [0.2, 0.25) is 5.91 Å². The highest BCUT2D eigenvalue weighted by Crippen LogP contribution is 2.23. The first-order valence-corrected chi connectivity index (χ1v) is 6.48. The van der Waals surface area contributed by atoms with Gasteiger partial charge < -0.3 is 5.32 Å². The average Bonchev–Trinajstić information content (AvgIpc) is 2.66. The normalized spacial score (nSPS) is 19.5. The zero-order valence-electron chi connectivity index (χ0n) is 11.4. The fraction of sp³-hybridized carbons (Fsp3) is 0.571. The van der Waals surface area contributed by atoms with Gasteiger partial charge in [-0.25, -0.2) is 0 Å². The Labute approximate surface area is 108 Å². The second-order valence-corrected chi connectivity index (χ2v) is 5.15. The molecule has 0 saturated heterocycles. The minimum Gasteiger partial charge on any atom is -0.352 e. The number of nitrogens with zero attached hydrogens (tertiary/aromatic N) is 2. The summed E-state index contributed by atoms with van der Waals surface area (Å²) >= 11 is 0. The molecule has 0 bridgehead atoms. The highest BCUT2D eigenvalue weighted by molar-refractivity contribution is 5.79. The Bertz CT molecular complexity index is 473. The van der Waals surface area contributed by atoms with Gasteiger partial charge in [0, 0.05) is 31.3 Å². The molecule has 0 spiro atoms. The summed E-state index contributed by atoms with van der Waals surface area (Å²) in [5.74, 6) is 0.313. The lowest BCUT2D eigenvalue weighted by molar-refractivity contribution is -0.125. The fourth-order valence-electron chi connectivity index (χ4n) is 2.35. The first-order chi connectivity index (χ1) is 8.56. The van der Waals surface area contributed by atoms with Crippen molar-refractivity contribution in [2.24, 2.45) is 13.0 Å². The average molecular weight is 247 g/mol. The minimum atomic E-state index is 0.144. The summed E-state index contributed by atoms with van der Waals surface area (Å²) in [7, 11) is 1.90. The molecular weight excluding hydrogens is 226 g/mol. The highest BCUT2D eigenvalue weighted by atomic mass is 16.1. The van der Waals surface area contributed by atoms with E-state index in [2.05, 4.69) is 23.4 Å². The van der Waals surface area contributed by atoms with E-state index in [0.29, 0.717) is 6.54 Å². The van der Waals surface area contributed by atoms with Crippen LogP contribution < -0.4 is 5.32 Å². The predicted octanol–water partition coefficient (Wildman–Crippen LogP) is 2.09. The highest BCUT2D eigenvalue weighted by Gasteiger charge is 2.20. The third-order valence-electron chi connectivity index (χ3n) is 3.58. The molecule has 1 aliphatic carbocycles. The molecule has 0 fully saturated rings. The monoisotopic (exact) mass is 247 g/mol. The SMILES string of the molecule is CC1=CC[C@H](C(=O)NCc2cn(C)nc2C)CC1. The van der Waals surface area contributed by atoms with Gasteiger partial charge in [-0.05, 0) is 33.1 Å². The zero-order chi connectivity index (χ0) is 13.1. The molecule has 0 unspecified atom stereocenters. The number of nitrogens with one attached hydrogen (secondary N) is 1. The van der Waals surface area contributed by atoms with Crippen LogP contribution >= 0.6 is 0 Å². The minimum absolute atomic E-state index is 0.144. The summed E-state index contributed by atoms with van der Waals surface area (Å²) in [6.07, 6.45) is 7.04. The second kappa shape index (κ2) is 5.38. The van der Waals surface area contributed by atoms with E-state index in [-0.39, 0.29) is 11.8 Å². The van der Waals surface area contributed by atoms with Crippen molar-refractivity contribution < 1.29 is 4.79 Å². The van der Waals surface area contributed by atoms with Crippen molar-refractivity contribution in [3.63, 3.8) is 0 Å². The van der Waals surface area contributed by atoms with Gasteiger partial charge in [-0.2, -0.15) is 5.10 Å². The molecule has 4 nitrogen and oxygen atoms in total. The summed E-state index contributed by atoms with van der Waals surface area (Å²) in [4.78, 5) is 12.0. The van der Waals surface area contributed by atoms with Crippen LogP contribution in [0.15, 0.2) is 17.8 Å². The van der Waals surface area contributed by atoms with Gasteiger partial charge in [0.05, 0.1) is 5.69 Å². The van der Waals surface area contributed by atoms with Gasteiger partial charge in [0.25, 0.3) is 0 Å². The van der Waals surface area contributed by atoms with Crippen molar-refractivity contribution >= 4 is 5.91 Å². The van der Waals surface area contributed by atoms with Crippen LogP contribution in [0, 0.1) is 12.8 Å². The van der Waals surface area contributed by atoms with Gasteiger partial charge in [-0.3, -0.25) is 9.48 Å². The van der Waals surface area contributed by atoms with E-state index in [9.17, 15) is 4.79 Å². The Kier molecular flexibility index (Phi) is 3.84. The predicted molar refractivity (Wildman–Crippen MR) is 70.9 cm³/mol. The Morgan fingerprint density at radius 1 is 1.56 bits per heavy atom. The van der Waals surface area contributed by atoms with Crippen molar-refractivity contribution in [2.75, 3.05) is 0 Å². The summed E-state index contributed by atoms with van der Waals surface area (Å²) in [5, 5.41) is 7.28. The van der Waals surface area contributed by atoms with E-state index in [4.69, 9.17) is 0 Å². The van der Waals surface area contributed by atoms with Crippen LogP contribution in [0.25, 0.3) is 0 Å². The Hall–Kier alpha value is -1.58. The molecular formula is C14H21N3O. The van der Waals surface area contributed by atoms with Crippen LogP contribution in [0.3, 0.4) is 0 Å². The maximum absolute atomic E-state index is 12.0. The fourth-order valence-corrected chi connectivity index (χ4v) is 2.35. The smallest absolute Gasteiger partial charge is 0.223 e. The number of aryl methyl sites for hydroxylation is 2. The van der Waals surface area contributed by atoms with Crippen molar-refractivity contribution in [1.82, 2.24) is 15.1 Å². The maximum Gasteiger partial charge on any atom is 0.223 e. The second-order valence-electron chi connectivity index (χ2n) is 5.15. The molecule has 1 aromatic heterocycles.